The number of esters is 1. The molecule has 0 heterocycles. The predicted octanol–water partition coefficient (Wildman–Crippen LogP) is 20.6. The molecule has 2 atom stereocenters. The molecule has 0 spiro atoms. The molecule has 6 heteroatoms. The van der Waals surface area contributed by atoms with Gasteiger partial charge in [-0.3, -0.25) is 9.59 Å². The smallest absolute Gasteiger partial charge is 0.305 e. The number of ether oxygens (including phenoxy) is 1. The fourth-order valence-electron chi connectivity index (χ4n) is 10.3. The lowest BCUT2D eigenvalue weighted by atomic mass is 10.0. The number of hydrogen-bond donors (Lipinski definition) is 3. The van der Waals surface area contributed by atoms with Gasteiger partial charge in [0.1, 0.15) is 0 Å². The van der Waals surface area contributed by atoms with Crippen LogP contribution in [0.25, 0.3) is 0 Å². The minimum absolute atomic E-state index is 0.0138. The first-order valence-corrected chi connectivity index (χ1v) is 32.6. The molecule has 6 nitrogen and oxygen atoms in total. The number of unbranched alkanes of at least 4 members (excludes halogenated alkanes) is 46. The number of aliphatic hydroxyl groups is 2. The Morgan fingerprint density at radius 3 is 1.06 bits per heavy atom. The number of aliphatic hydroxyl groups excluding tert-OH is 2. The van der Waals surface area contributed by atoms with Gasteiger partial charge in [-0.2, -0.15) is 0 Å². The van der Waals surface area contributed by atoms with E-state index in [9.17, 15) is 19.8 Å². The predicted molar refractivity (Wildman–Crippen MR) is 315 cm³/mol. The second-order valence-corrected chi connectivity index (χ2v) is 22.5. The van der Waals surface area contributed by atoms with Crippen LogP contribution in [0.1, 0.15) is 361 Å². The maximum atomic E-state index is 12.5. The highest BCUT2D eigenvalue weighted by Crippen LogP contribution is 2.18. The molecule has 0 aliphatic heterocycles. The van der Waals surface area contributed by atoms with E-state index in [1.807, 2.05) is 0 Å². The Kier molecular flexibility index (Phi) is 60.5. The van der Waals surface area contributed by atoms with Crippen LogP contribution in [0, 0.1) is 0 Å². The maximum absolute atomic E-state index is 12.5. The number of allylic oxidation sites excluding steroid dienone is 4. The molecule has 0 aromatic rings. The van der Waals surface area contributed by atoms with Gasteiger partial charge < -0.3 is 20.3 Å². The molecular weight excluding hydrogens is 887 g/mol. The number of carbonyl (C=O) groups is 2. The van der Waals surface area contributed by atoms with Crippen LogP contribution in [0.3, 0.4) is 0 Å². The van der Waals surface area contributed by atoms with Crippen molar-refractivity contribution in [3.63, 3.8) is 0 Å². The Labute approximate surface area is 450 Å². The van der Waals surface area contributed by atoms with Crippen molar-refractivity contribution < 1.29 is 24.5 Å². The first-order chi connectivity index (χ1) is 35.5. The van der Waals surface area contributed by atoms with Gasteiger partial charge >= 0.3 is 5.97 Å². The van der Waals surface area contributed by atoms with Gasteiger partial charge in [-0.1, -0.05) is 314 Å². The van der Waals surface area contributed by atoms with E-state index < -0.39 is 12.1 Å². The van der Waals surface area contributed by atoms with Crippen molar-refractivity contribution in [3.8, 4) is 0 Å². The van der Waals surface area contributed by atoms with Crippen molar-refractivity contribution in [3.05, 3.63) is 24.3 Å². The first kappa shape index (κ1) is 70.3. The quantitative estimate of drug-likeness (QED) is 0.0320. The Balaban J connectivity index is 3.39. The number of amides is 1. The molecule has 0 saturated heterocycles. The standard InChI is InChI=1S/C66H127NO5/c1-3-5-7-9-11-13-15-17-18-19-30-33-36-40-44-48-52-56-60-66(71)72-61-57-53-49-45-41-37-34-31-28-26-24-22-20-21-23-25-27-29-32-35-39-43-47-51-55-59-65(70)67-63(62-68)64(69)58-54-50-46-42-38-16-14-12-10-8-6-4-2/h21-24,63-64,68-69H,3-20,25-62H2,1-2H3,(H,67,70)/b23-21-,24-22-. The van der Waals surface area contributed by atoms with Crippen molar-refractivity contribution in [1.29, 1.82) is 0 Å². The molecule has 0 saturated carbocycles. The topological polar surface area (TPSA) is 95.9 Å². The van der Waals surface area contributed by atoms with Gasteiger partial charge in [-0.05, 0) is 57.8 Å². The fraction of sp³-hybridized carbons (Fsp3) is 0.909. The molecule has 0 fully saturated rings. The van der Waals surface area contributed by atoms with E-state index in [1.165, 1.54) is 283 Å². The van der Waals surface area contributed by atoms with Gasteiger partial charge in [0.25, 0.3) is 0 Å². The molecule has 0 aliphatic carbocycles. The van der Waals surface area contributed by atoms with Gasteiger partial charge in [0, 0.05) is 12.8 Å². The third-order valence-electron chi connectivity index (χ3n) is 15.3. The van der Waals surface area contributed by atoms with Crippen LogP contribution >= 0.6 is 0 Å². The lowest BCUT2D eigenvalue weighted by Crippen LogP contribution is -2.45. The Morgan fingerprint density at radius 1 is 0.389 bits per heavy atom. The van der Waals surface area contributed by atoms with Crippen molar-refractivity contribution >= 4 is 11.9 Å². The second kappa shape index (κ2) is 61.9. The molecule has 72 heavy (non-hydrogen) atoms. The molecule has 1 amide bonds. The highest BCUT2D eigenvalue weighted by molar-refractivity contribution is 5.76. The zero-order valence-electron chi connectivity index (χ0n) is 48.7. The summed E-state index contributed by atoms with van der Waals surface area (Å²) in [5, 5.41) is 23.2. The summed E-state index contributed by atoms with van der Waals surface area (Å²) in [6.07, 6.45) is 76.3. The summed E-state index contributed by atoms with van der Waals surface area (Å²) in [5.74, 6) is -0.0265. The normalized spacial score (nSPS) is 12.7. The molecule has 0 bridgehead atoms. The molecule has 0 rings (SSSR count). The average Bonchev–Trinajstić information content (AvgIpc) is 3.38. The maximum Gasteiger partial charge on any atom is 0.305 e. The minimum atomic E-state index is -0.667. The number of rotatable bonds is 61. The molecular formula is C66H127NO5. The van der Waals surface area contributed by atoms with Crippen LogP contribution < -0.4 is 5.32 Å². The third kappa shape index (κ3) is 57.6. The zero-order valence-corrected chi connectivity index (χ0v) is 48.7. The Morgan fingerprint density at radius 2 is 0.694 bits per heavy atom. The highest BCUT2D eigenvalue weighted by atomic mass is 16.5. The molecule has 0 aromatic carbocycles. The van der Waals surface area contributed by atoms with Crippen LogP contribution in [0.5, 0.6) is 0 Å². The van der Waals surface area contributed by atoms with E-state index in [0.717, 1.165) is 44.9 Å². The van der Waals surface area contributed by atoms with E-state index in [-0.39, 0.29) is 18.5 Å². The summed E-state index contributed by atoms with van der Waals surface area (Å²) >= 11 is 0. The molecule has 0 radical (unpaired) electrons. The van der Waals surface area contributed by atoms with Crippen LogP contribution in [0.15, 0.2) is 24.3 Å². The summed E-state index contributed by atoms with van der Waals surface area (Å²) in [5.41, 5.74) is 0. The molecule has 2 unspecified atom stereocenters. The van der Waals surface area contributed by atoms with Crippen LogP contribution in [0.4, 0.5) is 0 Å². The zero-order chi connectivity index (χ0) is 52.2. The Hall–Kier alpha value is -1.66. The van der Waals surface area contributed by atoms with Crippen molar-refractivity contribution in [1.82, 2.24) is 5.32 Å². The fourth-order valence-corrected chi connectivity index (χ4v) is 10.3. The lowest BCUT2D eigenvalue weighted by Gasteiger charge is -2.22. The summed E-state index contributed by atoms with van der Waals surface area (Å²) in [7, 11) is 0. The van der Waals surface area contributed by atoms with Crippen molar-refractivity contribution in [2.24, 2.45) is 0 Å². The molecule has 3 N–H and O–H groups in total. The third-order valence-corrected chi connectivity index (χ3v) is 15.3. The largest absolute Gasteiger partial charge is 0.466 e. The molecule has 426 valence electrons. The van der Waals surface area contributed by atoms with E-state index in [0.29, 0.717) is 25.9 Å². The van der Waals surface area contributed by atoms with Crippen LogP contribution in [0.2, 0.25) is 0 Å². The van der Waals surface area contributed by atoms with Gasteiger partial charge in [0.2, 0.25) is 5.91 Å². The van der Waals surface area contributed by atoms with E-state index in [1.54, 1.807) is 0 Å². The highest BCUT2D eigenvalue weighted by Gasteiger charge is 2.20. The average molecular weight is 1010 g/mol. The second-order valence-electron chi connectivity index (χ2n) is 22.5. The number of hydrogen-bond acceptors (Lipinski definition) is 5. The van der Waals surface area contributed by atoms with Gasteiger partial charge in [-0.15, -0.1) is 0 Å². The van der Waals surface area contributed by atoms with E-state index in [4.69, 9.17) is 4.74 Å². The van der Waals surface area contributed by atoms with Gasteiger partial charge in [0.05, 0.1) is 25.4 Å². The van der Waals surface area contributed by atoms with Crippen LogP contribution in [-0.4, -0.2) is 47.4 Å². The summed E-state index contributed by atoms with van der Waals surface area (Å²) < 4.78 is 5.50. The van der Waals surface area contributed by atoms with Gasteiger partial charge in [0.15, 0.2) is 0 Å². The number of nitrogens with one attached hydrogen (secondary N) is 1. The lowest BCUT2D eigenvalue weighted by molar-refractivity contribution is -0.143. The van der Waals surface area contributed by atoms with Crippen molar-refractivity contribution in [2.75, 3.05) is 13.2 Å². The van der Waals surface area contributed by atoms with E-state index >= 15 is 0 Å². The van der Waals surface area contributed by atoms with Crippen LogP contribution in [-0.2, 0) is 14.3 Å². The summed E-state index contributed by atoms with van der Waals surface area (Å²) in [6.45, 7) is 4.97. The Bertz CT molecular complexity index is 1120. The summed E-state index contributed by atoms with van der Waals surface area (Å²) in [4.78, 5) is 24.6. The van der Waals surface area contributed by atoms with E-state index in [2.05, 4.69) is 43.5 Å². The summed E-state index contributed by atoms with van der Waals surface area (Å²) in [6, 6.07) is -0.545. The molecule has 0 aliphatic rings. The van der Waals surface area contributed by atoms with Crippen molar-refractivity contribution in [2.45, 2.75) is 373 Å². The minimum Gasteiger partial charge on any atom is -0.466 e. The molecule has 0 aromatic heterocycles. The monoisotopic (exact) mass is 1010 g/mol. The first-order valence-electron chi connectivity index (χ1n) is 32.6. The SMILES string of the molecule is CCCCCCCCCCCCCCCCCCCCC(=O)OCCCCCCCCCCC/C=C\C/C=C\CCCCCCCCCCCC(=O)NC(CO)C(O)CCCCCCCCCCCCCC. The van der Waals surface area contributed by atoms with Gasteiger partial charge in [-0.25, -0.2) is 0 Å². The number of carbonyl (C=O) groups excluding carboxylic acids is 2.